The molecule has 41 heavy (non-hydrogen) atoms. The molecular weight excluding hydrogens is 520 g/mol. The molecule has 9 aromatic rings. The van der Waals surface area contributed by atoms with Crippen molar-refractivity contribution in [2.24, 2.45) is 0 Å². The third kappa shape index (κ3) is 3.48. The first-order valence-corrected chi connectivity index (χ1v) is 14.5. The summed E-state index contributed by atoms with van der Waals surface area (Å²) in [5.74, 6) is 0.641. The van der Waals surface area contributed by atoms with Crippen molar-refractivity contribution >= 4 is 64.4 Å². The fraction of sp³-hybridized carbons (Fsp3) is 0. The number of hydrogen-bond acceptors (Lipinski definition) is 3. The average molecular weight is 543 g/mol. The zero-order valence-corrected chi connectivity index (χ0v) is 22.7. The van der Waals surface area contributed by atoms with Crippen LogP contribution >= 0.6 is 11.3 Å². The first-order chi connectivity index (χ1) is 20.3. The summed E-state index contributed by atoms with van der Waals surface area (Å²) in [6.45, 7) is 0. The highest BCUT2D eigenvalue weighted by molar-refractivity contribution is 7.25. The molecule has 4 heteroatoms. The maximum atomic E-state index is 6.24. The van der Waals surface area contributed by atoms with E-state index in [0.29, 0.717) is 5.89 Å². The Bertz CT molecular complexity index is 2430. The molecule has 0 fully saturated rings. The van der Waals surface area contributed by atoms with E-state index in [0.717, 1.165) is 38.8 Å². The number of para-hydroxylation sites is 1. The number of benzene rings is 6. The maximum Gasteiger partial charge on any atom is 0.227 e. The summed E-state index contributed by atoms with van der Waals surface area (Å²) in [6.07, 6.45) is 0. The van der Waals surface area contributed by atoms with Crippen LogP contribution in [0.4, 0.5) is 0 Å². The molecule has 0 atom stereocenters. The van der Waals surface area contributed by atoms with E-state index in [9.17, 15) is 0 Å². The lowest BCUT2D eigenvalue weighted by Gasteiger charge is -2.10. The Balaban J connectivity index is 1.25. The number of oxazole rings is 1. The van der Waals surface area contributed by atoms with Crippen LogP contribution in [0.25, 0.3) is 81.3 Å². The lowest BCUT2D eigenvalue weighted by atomic mass is 10.0. The number of fused-ring (bicyclic) bond motifs is 7. The summed E-state index contributed by atoms with van der Waals surface area (Å²) in [4.78, 5) is 4.87. The van der Waals surface area contributed by atoms with Gasteiger partial charge in [0.05, 0.1) is 11.0 Å². The molecule has 0 aliphatic carbocycles. The molecule has 0 N–H and O–H groups in total. The summed E-state index contributed by atoms with van der Waals surface area (Å²) < 4.78 is 11.2. The van der Waals surface area contributed by atoms with Gasteiger partial charge in [0.1, 0.15) is 5.52 Å². The van der Waals surface area contributed by atoms with Crippen LogP contribution in [0.15, 0.2) is 138 Å². The van der Waals surface area contributed by atoms with Gasteiger partial charge in [-0.2, -0.15) is 0 Å². The second-order valence-corrected chi connectivity index (χ2v) is 11.5. The second kappa shape index (κ2) is 8.65. The van der Waals surface area contributed by atoms with Crippen LogP contribution in [0.5, 0.6) is 0 Å². The molecule has 0 radical (unpaired) electrons. The van der Waals surface area contributed by atoms with Crippen molar-refractivity contribution in [2.75, 3.05) is 0 Å². The molecule has 192 valence electrons. The third-order valence-corrected chi connectivity index (χ3v) is 9.17. The lowest BCUT2D eigenvalue weighted by molar-refractivity contribution is 0.620. The van der Waals surface area contributed by atoms with Crippen LogP contribution < -0.4 is 0 Å². The minimum absolute atomic E-state index is 0.641. The maximum absolute atomic E-state index is 6.24. The minimum atomic E-state index is 0.641. The van der Waals surface area contributed by atoms with E-state index >= 15 is 0 Å². The molecule has 0 saturated heterocycles. The molecule has 0 aliphatic heterocycles. The molecule has 0 bridgehead atoms. The summed E-state index contributed by atoms with van der Waals surface area (Å²) in [5, 5.41) is 4.98. The van der Waals surface area contributed by atoms with Crippen LogP contribution in [0, 0.1) is 0 Å². The topological polar surface area (TPSA) is 31.0 Å². The summed E-state index contributed by atoms with van der Waals surface area (Å²) in [7, 11) is 0. The molecule has 3 aromatic heterocycles. The van der Waals surface area contributed by atoms with Gasteiger partial charge in [0.15, 0.2) is 5.58 Å². The van der Waals surface area contributed by atoms with Crippen LogP contribution in [-0.2, 0) is 0 Å². The molecular formula is C37H22N2OS. The van der Waals surface area contributed by atoms with Crippen molar-refractivity contribution in [2.45, 2.75) is 0 Å². The minimum Gasteiger partial charge on any atom is -0.436 e. The zero-order valence-electron chi connectivity index (χ0n) is 21.9. The van der Waals surface area contributed by atoms with Gasteiger partial charge in [-0.3, -0.25) is 0 Å². The quantitative estimate of drug-likeness (QED) is 0.222. The molecule has 3 nitrogen and oxygen atoms in total. The van der Waals surface area contributed by atoms with E-state index in [1.54, 1.807) is 0 Å². The molecule has 0 amide bonds. The van der Waals surface area contributed by atoms with E-state index in [4.69, 9.17) is 9.40 Å². The molecule has 0 aliphatic rings. The van der Waals surface area contributed by atoms with Gasteiger partial charge < -0.3 is 8.98 Å². The van der Waals surface area contributed by atoms with Gasteiger partial charge in [-0.15, -0.1) is 11.3 Å². The zero-order chi connectivity index (χ0) is 26.9. The van der Waals surface area contributed by atoms with Gasteiger partial charge in [0.2, 0.25) is 5.89 Å². The van der Waals surface area contributed by atoms with Gasteiger partial charge in [0.25, 0.3) is 0 Å². The van der Waals surface area contributed by atoms with E-state index in [-0.39, 0.29) is 0 Å². The lowest BCUT2D eigenvalue weighted by Crippen LogP contribution is -1.94. The Hall–Kier alpha value is -5.19. The number of hydrogen-bond donors (Lipinski definition) is 0. The van der Waals surface area contributed by atoms with Crippen molar-refractivity contribution in [1.82, 2.24) is 9.55 Å². The fourth-order valence-corrected chi connectivity index (χ4v) is 7.19. The molecule has 6 aromatic carbocycles. The van der Waals surface area contributed by atoms with Gasteiger partial charge in [0, 0.05) is 42.2 Å². The highest BCUT2D eigenvalue weighted by atomic mass is 32.1. The summed E-state index contributed by atoms with van der Waals surface area (Å²) in [5.41, 5.74) is 8.43. The molecule has 0 saturated carbocycles. The van der Waals surface area contributed by atoms with Gasteiger partial charge in [-0.25, -0.2) is 4.98 Å². The van der Waals surface area contributed by atoms with Crippen molar-refractivity contribution in [3.8, 4) is 28.3 Å². The fourth-order valence-electron chi connectivity index (χ4n) is 6.10. The van der Waals surface area contributed by atoms with Crippen molar-refractivity contribution in [1.29, 1.82) is 0 Å². The van der Waals surface area contributed by atoms with Crippen LogP contribution in [0.2, 0.25) is 0 Å². The number of nitrogens with zero attached hydrogens (tertiary/aromatic N) is 2. The molecule has 0 unspecified atom stereocenters. The Morgan fingerprint density at radius 2 is 1.27 bits per heavy atom. The van der Waals surface area contributed by atoms with Crippen LogP contribution in [0.1, 0.15) is 0 Å². The predicted molar refractivity (Wildman–Crippen MR) is 172 cm³/mol. The van der Waals surface area contributed by atoms with E-state index in [1.807, 2.05) is 41.7 Å². The summed E-state index contributed by atoms with van der Waals surface area (Å²) in [6, 6.07) is 47.3. The number of aromatic nitrogens is 2. The van der Waals surface area contributed by atoms with Crippen LogP contribution in [0.3, 0.4) is 0 Å². The highest BCUT2D eigenvalue weighted by Crippen LogP contribution is 2.39. The predicted octanol–water partition coefficient (Wildman–Crippen LogP) is 10.6. The third-order valence-electron chi connectivity index (χ3n) is 8.02. The number of rotatable bonds is 3. The SMILES string of the molecule is c1ccc(-c2nc3cc4c(cc3o2)c2ccccc2n4-c2cccc(-c3ccc4sc5ccccc5c4c3)c2)cc1. The van der Waals surface area contributed by atoms with Crippen molar-refractivity contribution < 1.29 is 4.42 Å². The average Bonchev–Trinajstić information content (AvgIpc) is 3.71. The Morgan fingerprint density at radius 3 is 2.20 bits per heavy atom. The first-order valence-electron chi connectivity index (χ1n) is 13.7. The van der Waals surface area contributed by atoms with Gasteiger partial charge in [-0.1, -0.05) is 72.8 Å². The van der Waals surface area contributed by atoms with Crippen molar-refractivity contribution in [3.63, 3.8) is 0 Å². The van der Waals surface area contributed by atoms with Gasteiger partial charge >= 0.3 is 0 Å². The molecule has 0 spiro atoms. The Kier molecular flexibility index (Phi) is 4.77. The largest absolute Gasteiger partial charge is 0.436 e. The second-order valence-electron chi connectivity index (χ2n) is 10.4. The first kappa shape index (κ1) is 22.6. The highest BCUT2D eigenvalue weighted by Gasteiger charge is 2.17. The van der Waals surface area contributed by atoms with Gasteiger partial charge in [-0.05, 0) is 71.8 Å². The normalized spacial score (nSPS) is 11.9. The molecule has 3 heterocycles. The smallest absolute Gasteiger partial charge is 0.227 e. The monoisotopic (exact) mass is 542 g/mol. The van der Waals surface area contributed by atoms with E-state index in [2.05, 4.69) is 108 Å². The van der Waals surface area contributed by atoms with Crippen LogP contribution in [-0.4, -0.2) is 9.55 Å². The number of thiophene rings is 1. The standard InChI is InChI=1S/C37H22N2OS/c1-2-9-23(10-3-1)37-38-31-22-33-29(21-34(31)40-37)27-13-4-6-15-32(27)39(33)26-12-8-11-24(19-26)25-17-18-36-30(20-25)28-14-5-7-16-35(28)41-36/h1-22H. The summed E-state index contributed by atoms with van der Waals surface area (Å²) >= 11 is 1.85. The Labute approximate surface area is 239 Å². The molecule has 9 rings (SSSR count). The Morgan fingerprint density at radius 1 is 0.512 bits per heavy atom. The van der Waals surface area contributed by atoms with Crippen molar-refractivity contribution in [3.05, 3.63) is 133 Å². The van der Waals surface area contributed by atoms with E-state index in [1.165, 1.54) is 36.7 Å². The van der Waals surface area contributed by atoms with E-state index < -0.39 is 0 Å².